The Kier molecular flexibility index (Phi) is 5.61. The Morgan fingerprint density at radius 3 is 2.45 bits per heavy atom. The van der Waals surface area contributed by atoms with Gasteiger partial charge in [-0.2, -0.15) is 0 Å². The molecule has 3 N–H and O–H groups in total. The number of hydrogen-bond acceptors (Lipinski definition) is 5. The Balaban J connectivity index is 2.94. The first-order valence-corrected chi connectivity index (χ1v) is 7.84. The van der Waals surface area contributed by atoms with Gasteiger partial charge in [-0.3, -0.25) is 10.1 Å². The first kappa shape index (κ1) is 16.5. The monoisotopic (exact) mass is 301 g/mol. The van der Waals surface area contributed by atoms with E-state index in [9.17, 15) is 18.5 Å². The number of nitro benzene ring substituents is 1. The molecular weight excluding hydrogens is 282 g/mol. The van der Waals surface area contributed by atoms with Gasteiger partial charge in [-0.25, -0.2) is 13.1 Å². The molecule has 112 valence electrons. The normalized spacial score (nSPS) is 13.4. The van der Waals surface area contributed by atoms with E-state index >= 15 is 0 Å². The van der Waals surface area contributed by atoms with Crippen LogP contribution < -0.4 is 10.5 Å². The standard InChI is InChI=1S/C12H19N3O4S/c1-9(2)11(7-13)14-20(18,19)8-10-5-3-4-6-12(10)15(16)17/h3-6,9,11,14H,7-8,13H2,1-2H3. The fourth-order valence-corrected chi connectivity index (χ4v) is 3.31. The molecule has 0 aliphatic carbocycles. The molecule has 1 atom stereocenters. The van der Waals surface area contributed by atoms with Crippen LogP contribution in [0.1, 0.15) is 19.4 Å². The molecule has 0 spiro atoms. The molecule has 0 fully saturated rings. The minimum absolute atomic E-state index is 0.0422. The van der Waals surface area contributed by atoms with E-state index in [4.69, 9.17) is 5.73 Å². The number of nitrogens with two attached hydrogens (primary N) is 1. The van der Waals surface area contributed by atoms with Crippen molar-refractivity contribution in [1.29, 1.82) is 0 Å². The van der Waals surface area contributed by atoms with Crippen molar-refractivity contribution in [2.75, 3.05) is 6.54 Å². The van der Waals surface area contributed by atoms with E-state index in [2.05, 4.69) is 4.72 Å². The summed E-state index contributed by atoms with van der Waals surface area (Å²) in [5, 5.41) is 10.9. The Hall–Kier alpha value is -1.51. The molecular formula is C12H19N3O4S. The average molecular weight is 301 g/mol. The van der Waals surface area contributed by atoms with Crippen molar-refractivity contribution >= 4 is 15.7 Å². The fourth-order valence-electron chi connectivity index (χ4n) is 1.74. The number of nitrogens with zero attached hydrogens (tertiary/aromatic N) is 1. The Morgan fingerprint density at radius 2 is 1.95 bits per heavy atom. The van der Waals surface area contributed by atoms with Crippen LogP contribution in [0, 0.1) is 16.0 Å². The number of para-hydroxylation sites is 1. The highest BCUT2D eigenvalue weighted by atomic mass is 32.2. The lowest BCUT2D eigenvalue weighted by molar-refractivity contribution is -0.385. The summed E-state index contributed by atoms with van der Waals surface area (Å²) in [7, 11) is -3.68. The Labute approximate surface area is 118 Å². The number of sulfonamides is 1. The van der Waals surface area contributed by atoms with Gasteiger partial charge in [0.1, 0.15) is 0 Å². The summed E-state index contributed by atoms with van der Waals surface area (Å²) in [5.74, 6) is -0.395. The van der Waals surface area contributed by atoms with Crippen LogP contribution in [0.2, 0.25) is 0 Å². The maximum absolute atomic E-state index is 12.1. The molecule has 1 rings (SSSR count). The lowest BCUT2D eigenvalue weighted by Gasteiger charge is -2.20. The van der Waals surface area contributed by atoms with Crippen LogP contribution in [-0.4, -0.2) is 25.9 Å². The van der Waals surface area contributed by atoms with Gasteiger partial charge in [-0.15, -0.1) is 0 Å². The second kappa shape index (κ2) is 6.78. The molecule has 7 nitrogen and oxygen atoms in total. The number of nitro groups is 1. The topological polar surface area (TPSA) is 115 Å². The van der Waals surface area contributed by atoms with E-state index in [0.717, 1.165) is 0 Å². The lowest BCUT2D eigenvalue weighted by atomic mass is 10.1. The zero-order chi connectivity index (χ0) is 15.3. The van der Waals surface area contributed by atoms with Crippen molar-refractivity contribution in [3.63, 3.8) is 0 Å². The van der Waals surface area contributed by atoms with Crippen molar-refractivity contribution < 1.29 is 13.3 Å². The maximum Gasteiger partial charge on any atom is 0.273 e. The van der Waals surface area contributed by atoms with Crippen molar-refractivity contribution in [3.05, 3.63) is 39.9 Å². The van der Waals surface area contributed by atoms with E-state index in [-0.39, 0.29) is 29.8 Å². The highest BCUT2D eigenvalue weighted by molar-refractivity contribution is 7.88. The second-order valence-electron chi connectivity index (χ2n) is 4.85. The highest BCUT2D eigenvalue weighted by Gasteiger charge is 2.23. The molecule has 1 aromatic rings. The summed E-state index contributed by atoms with van der Waals surface area (Å²) < 4.78 is 26.6. The fraction of sp³-hybridized carbons (Fsp3) is 0.500. The average Bonchev–Trinajstić information content (AvgIpc) is 2.35. The van der Waals surface area contributed by atoms with Crippen molar-refractivity contribution in [3.8, 4) is 0 Å². The quantitative estimate of drug-likeness (QED) is 0.575. The van der Waals surface area contributed by atoms with E-state index in [1.807, 2.05) is 13.8 Å². The maximum atomic E-state index is 12.1. The summed E-state index contributed by atoms with van der Waals surface area (Å²) in [5.41, 5.74) is 5.47. The Morgan fingerprint density at radius 1 is 1.35 bits per heavy atom. The van der Waals surface area contributed by atoms with Gasteiger partial charge in [0.25, 0.3) is 5.69 Å². The second-order valence-corrected chi connectivity index (χ2v) is 6.60. The first-order chi connectivity index (χ1) is 9.26. The van der Waals surface area contributed by atoms with Gasteiger partial charge in [0.2, 0.25) is 10.0 Å². The molecule has 0 heterocycles. The SMILES string of the molecule is CC(C)C(CN)NS(=O)(=O)Cc1ccccc1[N+](=O)[O-]. The van der Waals surface area contributed by atoms with Crippen LogP contribution in [0.4, 0.5) is 5.69 Å². The van der Waals surface area contributed by atoms with Gasteiger partial charge < -0.3 is 5.73 Å². The summed E-state index contributed by atoms with van der Waals surface area (Å²) in [6.07, 6.45) is 0. The van der Waals surface area contributed by atoms with Crippen LogP contribution in [-0.2, 0) is 15.8 Å². The third-order valence-corrected chi connectivity index (χ3v) is 4.28. The van der Waals surface area contributed by atoms with Crippen LogP contribution in [0.3, 0.4) is 0 Å². The minimum Gasteiger partial charge on any atom is -0.329 e. The number of hydrogen-bond donors (Lipinski definition) is 2. The van der Waals surface area contributed by atoms with Crippen LogP contribution in [0.25, 0.3) is 0 Å². The largest absolute Gasteiger partial charge is 0.329 e. The summed E-state index contributed by atoms with van der Waals surface area (Å²) in [6.45, 7) is 3.88. The molecule has 0 saturated carbocycles. The zero-order valence-corrected chi connectivity index (χ0v) is 12.3. The lowest BCUT2D eigenvalue weighted by Crippen LogP contribution is -2.44. The Bertz CT molecular complexity index is 572. The van der Waals surface area contributed by atoms with Crippen molar-refractivity contribution in [2.45, 2.75) is 25.6 Å². The van der Waals surface area contributed by atoms with Gasteiger partial charge in [-0.1, -0.05) is 32.0 Å². The molecule has 8 heteroatoms. The van der Waals surface area contributed by atoms with Gasteiger partial charge in [-0.05, 0) is 5.92 Å². The van der Waals surface area contributed by atoms with E-state index in [0.29, 0.717) is 0 Å². The van der Waals surface area contributed by atoms with Gasteiger partial charge in [0.15, 0.2) is 0 Å². The first-order valence-electron chi connectivity index (χ1n) is 6.19. The van der Waals surface area contributed by atoms with E-state index in [1.165, 1.54) is 18.2 Å². The van der Waals surface area contributed by atoms with Crippen molar-refractivity contribution in [2.24, 2.45) is 11.7 Å². The van der Waals surface area contributed by atoms with E-state index in [1.54, 1.807) is 6.07 Å². The zero-order valence-electron chi connectivity index (χ0n) is 11.4. The summed E-state index contributed by atoms with van der Waals surface area (Å²) in [6, 6.07) is 5.40. The smallest absolute Gasteiger partial charge is 0.273 e. The minimum atomic E-state index is -3.68. The summed E-state index contributed by atoms with van der Waals surface area (Å²) in [4.78, 5) is 10.3. The van der Waals surface area contributed by atoms with Crippen molar-refractivity contribution in [1.82, 2.24) is 4.72 Å². The summed E-state index contributed by atoms with van der Waals surface area (Å²) >= 11 is 0. The van der Waals surface area contributed by atoms with Crippen LogP contribution in [0.15, 0.2) is 24.3 Å². The molecule has 0 radical (unpaired) electrons. The molecule has 0 aliphatic rings. The molecule has 1 unspecified atom stereocenters. The molecule has 20 heavy (non-hydrogen) atoms. The van der Waals surface area contributed by atoms with Crippen LogP contribution in [0.5, 0.6) is 0 Å². The van der Waals surface area contributed by atoms with Gasteiger partial charge >= 0.3 is 0 Å². The predicted octanol–water partition coefficient (Wildman–Crippen LogP) is 0.998. The number of nitrogens with one attached hydrogen (secondary N) is 1. The highest BCUT2D eigenvalue weighted by Crippen LogP contribution is 2.20. The van der Waals surface area contributed by atoms with E-state index < -0.39 is 20.7 Å². The molecule has 0 aromatic heterocycles. The number of rotatable bonds is 7. The third-order valence-electron chi connectivity index (χ3n) is 2.92. The van der Waals surface area contributed by atoms with Gasteiger partial charge in [0.05, 0.1) is 10.7 Å². The molecule has 0 amide bonds. The molecule has 1 aromatic carbocycles. The molecule has 0 saturated heterocycles. The van der Waals surface area contributed by atoms with Gasteiger partial charge in [0, 0.05) is 24.2 Å². The molecule has 0 aliphatic heterocycles. The van der Waals surface area contributed by atoms with Crippen LogP contribution >= 0.6 is 0 Å². The molecule has 0 bridgehead atoms. The third kappa shape index (κ3) is 4.55. The number of benzene rings is 1. The predicted molar refractivity (Wildman–Crippen MR) is 76.5 cm³/mol.